The lowest BCUT2D eigenvalue weighted by atomic mass is 10.0. The maximum atomic E-state index is 12.8. The molecule has 9 heteroatoms. The topological polar surface area (TPSA) is 116 Å². The van der Waals surface area contributed by atoms with Gasteiger partial charge in [-0.2, -0.15) is 0 Å². The molecule has 0 saturated heterocycles. The summed E-state index contributed by atoms with van der Waals surface area (Å²) < 4.78 is 16.0. The zero-order chi connectivity index (χ0) is 22.5. The number of carbonyl (C=O) groups is 2. The summed E-state index contributed by atoms with van der Waals surface area (Å²) in [5, 5.41) is 10.8. The van der Waals surface area contributed by atoms with E-state index in [0.29, 0.717) is 11.8 Å². The molecule has 0 saturated carbocycles. The predicted molar refractivity (Wildman–Crippen MR) is 112 cm³/mol. The Morgan fingerprint density at radius 2 is 1.77 bits per heavy atom. The molecule has 9 nitrogen and oxygen atoms in total. The maximum Gasteiger partial charge on any atom is 0.308 e. The molecule has 0 aliphatic carbocycles. The highest BCUT2D eigenvalue weighted by Gasteiger charge is 2.24. The molecule has 31 heavy (non-hydrogen) atoms. The quantitative estimate of drug-likeness (QED) is 0.571. The van der Waals surface area contributed by atoms with Crippen LogP contribution in [0.15, 0.2) is 40.9 Å². The van der Waals surface area contributed by atoms with Crippen LogP contribution in [-0.2, 0) is 4.79 Å². The smallest absolute Gasteiger partial charge is 0.308 e. The molecule has 0 bridgehead atoms. The SMILES string of the molecule is COc1ccnc(C(=O)N[C@@H](C)c2nnc(-c3ccc(C(C)C)cc3)o2)c1OC(C)=O. The first kappa shape index (κ1) is 21.9. The number of amides is 1. The van der Waals surface area contributed by atoms with Crippen LogP contribution in [0.5, 0.6) is 11.5 Å². The van der Waals surface area contributed by atoms with Gasteiger partial charge >= 0.3 is 5.97 Å². The minimum absolute atomic E-state index is 0.0568. The number of esters is 1. The van der Waals surface area contributed by atoms with Gasteiger partial charge in [-0.3, -0.25) is 9.59 Å². The van der Waals surface area contributed by atoms with Gasteiger partial charge in [0.15, 0.2) is 11.4 Å². The summed E-state index contributed by atoms with van der Waals surface area (Å²) in [4.78, 5) is 28.2. The van der Waals surface area contributed by atoms with E-state index in [1.165, 1.54) is 31.9 Å². The van der Waals surface area contributed by atoms with Crippen molar-refractivity contribution in [1.82, 2.24) is 20.5 Å². The Labute approximate surface area is 179 Å². The Balaban J connectivity index is 1.77. The molecule has 1 N–H and O–H groups in total. The van der Waals surface area contributed by atoms with Gasteiger partial charge in [-0.15, -0.1) is 10.2 Å². The fourth-order valence-electron chi connectivity index (χ4n) is 2.86. The van der Waals surface area contributed by atoms with Crippen molar-refractivity contribution in [3.8, 4) is 23.0 Å². The molecule has 2 heterocycles. The van der Waals surface area contributed by atoms with Crippen LogP contribution >= 0.6 is 0 Å². The zero-order valence-electron chi connectivity index (χ0n) is 18.0. The van der Waals surface area contributed by atoms with Gasteiger partial charge in [-0.1, -0.05) is 26.0 Å². The molecule has 3 rings (SSSR count). The summed E-state index contributed by atoms with van der Waals surface area (Å²) in [7, 11) is 1.40. The summed E-state index contributed by atoms with van der Waals surface area (Å²) in [5.74, 6) is -0.0157. The number of benzene rings is 1. The van der Waals surface area contributed by atoms with Crippen LogP contribution in [0.3, 0.4) is 0 Å². The second-order valence-electron chi connectivity index (χ2n) is 7.20. The van der Waals surface area contributed by atoms with Crippen LogP contribution < -0.4 is 14.8 Å². The zero-order valence-corrected chi connectivity index (χ0v) is 18.0. The fourth-order valence-corrected chi connectivity index (χ4v) is 2.86. The number of aromatic nitrogens is 3. The van der Waals surface area contributed by atoms with E-state index >= 15 is 0 Å². The van der Waals surface area contributed by atoms with Gasteiger partial charge in [0.1, 0.15) is 6.04 Å². The highest BCUT2D eigenvalue weighted by Crippen LogP contribution is 2.30. The maximum absolute atomic E-state index is 12.8. The van der Waals surface area contributed by atoms with Crippen LogP contribution in [0.4, 0.5) is 0 Å². The third kappa shape index (κ3) is 5.06. The normalized spacial score (nSPS) is 11.8. The Kier molecular flexibility index (Phi) is 6.64. The molecule has 0 aliphatic heterocycles. The van der Waals surface area contributed by atoms with Gasteiger partial charge < -0.3 is 19.2 Å². The molecule has 0 aliphatic rings. The number of methoxy groups -OCH3 is 1. The third-order valence-corrected chi connectivity index (χ3v) is 4.53. The van der Waals surface area contributed by atoms with Gasteiger partial charge in [0.25, 0.3) is 5.91 Å². The largest absolute Gasteiger partial charge is 0.493 e. The van der Waals surface area contributed by atoms with Gasteiger partial charge in [0, 0.05) is 24.8 Å². The molecule has 3 aromatic rings. The van der Waals surface area contributed by atoms with E-state index in [4.69, 9.17) is 13.9 Å². The highest BCUT2D eigenvalue weighted by atomic mass is 16.6. The summed E-state index contributed by atoms with van der Waals surface area (Å²) >= 11 is 0. The third-order valence-electron chi connectivity index (χ3n) is 4.53. The Morgan fingerprint density at radius 1 is 1.06 bits per heavy atom. The number of rotatable bonds is 7. The minimum atomic E-state index is -0.609. The van der Waals surface area contributed by atoms with Crippen molar-refractivity contribution in [3.63, 3.8) is 0 Å². The predicted octanol–water partition coefficient (Wildman–Crippen LogP) is 3.68. The molecule has 2 aromatic heterocycles. The van der Waals surface area contributed by atoms with Crippen LogP contribution in [0.1, 0.15) is 61.6 Å². The van der Waals surface area contributed by atoms with Crippen LogP contribution in [-0.4, -0.2) is 34.2 Å². The highest BCUT2D eigenvalue weighted by molar-refractivity contribution is 5.96. The molecule has 0 spiro atoms. The van der Waals surface area contributed by atoms with Gasteiger partial charge in [-0.25, -0.2) is 4.98 Å². The average Bonchev–Trinajstić information content (AvgIpc) is 3.24. The number of hydrogen-bond donors (Lipinski definition) is 1. The van der Waals surface area contributed by atoms with Crippen molar-refractivity contribution in [2.45, 2.75) is 39.7 Å². The molecule has 1 aromatic carbocycles. The van der Waals surface area contributed by atoms with E-state index in [9.17, 15) is 9.59 Å². The van der Waals surface area contributed by atoms with E-state index in [0.717, 1.165) is 5.56 Å². The molecular formula is C22H24N4O5. The number of nitrogens with one attached hydrogen (secondary N) is 1. The van der Waals surface area contributed by atoms with E-state index in [1.54, 1.807) is 6.92 Å². The molecular weight excluding hydrogens is 400 g/mol. The van der Waals surface area contributed by atoms with Crippen molar-refractivity contribution < 1.29 is 23.5 Å². The summed E-state index contributed by atoms with van der Waals surface area (Å²) in [6, 6.07) is 8.75. The number of pyridine rings is 1. The van der Waals surface area contributed by atoms with Crippen LogP contribution in [0.25, 0.3) is 11.5 Å². The molecule has 0 fully saturated rings. The summed E-state index contributed by atoms with van der Waals surface area (Å²) in [6.07, 6.45) is 1.39. The van der Waals surface area contributed by atoms with E-state index < -0.39 is 17.9 Å². The number of ether oxygens (including phenoxy) is 2. The first-order chi connectivity index (χ1) is 14.8. The lowest BCUT2D eigenvalue weighted by Gasteiger charge is -2.14. The second-order valence-corrected chi connectivity index (χ2v) is 7.20. The van der Waals surface area contributed by atoms with E-state index in [1.807, 2.05) is 24.3 Å². The van der Waals surface area contributed by atoms with Crippen LogP contribution in [0, 0.1) is 0 Å². The van der Waals surface area contributed by atoms with Crippen molar-refractivity contribution in [3.05, 3.63) is 53.7 Å². The lowest BCUT2D eigenvalue weighted by molar-refractivity contribution is -0.132. The standard InChI is InChI=1S/C22H24N4O5/c1-12(2)15-6-8-16(9-7-15)22-26-25-21(31-22)13(3)24-20(28)18-19(30-14(4)27)17(29-5)10-11-23-18/h6-13H,1-5H3,(H,24,28)/t13-/m0/s1. The first-order valence-corrected chi connectivity index (χ1v) is 9.76. The average molecular weight is 424 g/mol. The van der Waals surface area contributed by atoms with Gasteiger partial charge in [-0.05, 0) is 30.5 Å². The Hall–Kier alpha value is -3.75. The Morgan fingerprint density at radius 3 is 2.39 bits per heavy atom. The van der Waals surface area contributed by atoms with E-state index in [-0.39, 0.29) is 23.1 Å². The summed E-state index contributed by atoms with van der Waals surface area (Å²) in [6.45, 7) is 7.16. The van der Waals surface area contributed by atoms with Crippen molar-refractivity contribution in [1.29, 1.82) is 0 Å². The first-order valence-electron chi connectivity index (χ1n) is 9.76. The summed E-state index contributed by atoms with van der Waals surface area (Å²) in [5.41, 5.74) is 1.90. The molecule has 162 valence electrons. The number of nitrogens with zero attached hydrogens (tertiary/aromatic N) is 3. The van der Waals surface area contributed by atoms with Crippen molar-refractivity contribution in [2.24, 2.45) is 0 Å². The fraction of sp³-hybridized carbons (Fsp3) is 0.318. The van der Waals surface area contributed by atoms with Crippen molar-refractivity contribution >= 4 is 11.9 Å². The van der Waals surface area contributed by atoms with E-state index in [2.05, 4.69) is 34.3 Å². The second kappa shape index (κ2) is 9.38. The van der Waals surface area contributed by atoms with Crippen LogP contribution in [0.2, 0.25) is 0 Å². The molecule has 0 radical (unpaired) electrons. The lowest BCUT2D eigenvalue weighted by Crippen LogP contribution is -2.28. The van der Waals surface area contributed by atoms with Gasteiger partial charge in [0.05, 0.1) is 7.11 Å². The monoisotopic (exact) mass is 424 g/mol. The van der Waals surface area contributed by atoms with Gasteiger partial charge in [0.2, 0.25) is 17.5 Å². The number of carbonyl (C=O) groups excluding carboxylic acids is 2. The van der Waals surface area contributed by atoms with Crippen molar-refractivity contribution in [2.75, 3.05) is 7.11 Å². The Bertz CT molecular complexity index is 1080. The molecule has 1 atom stereocenters. The number of hydrogen-bond acceptors (Lipinski definition) is 8. The minimum Gasteiger partial charge on any atom is -0.493 e. The molecule has 0 unspecified atom stereocenters. The molecule has 1 amide bonds.